The zero-order valence-electron chi connectivity index (χ0n) is 24.3. The normalized spacial score (nSPS) is 22.5. The van der Waals surface area contributed by atoms with E-state index >= 15 is 0 Å². The van der Waals surface area contributed by atoms with E-state index in [1.54, 1.807) is 0 Å². The summed E-state index contributed by atoms with van der Waals surface area (Å²) in [6.45, 7) is 11.0. The Morgan fingerprint density at radius 3 is 2.44 bits per heavy atom. The number of rotatable bonds is 4. The Kier molecular flexibility index (Phi) is 7.46. The molecule has 0 unspecified atom stereocenters. The van der Waals surface area contributed by atoms with Crippen LogP contribution in [0.2, 0.25) is 10.0 Å². The number of pyridine rings is 1. The maximum absolute atomic E-state index is 7.17. The van der Waals surface area contributed by atoms with E-state index in [9.17, 15) is 0 Å². The smallest absolute Gasteiger partial charge is 0.174 e. The minimum Gasteiger partial charge on any atom is -0.370 e. The van der Waals surface area contributed by atoms with E-state index in [1.165, 1.54) is 24.0 Å². The summed E-state index contributed by atoms with van der Waals surface area (Å²) in [5, 5.41) is 5.63. The van der Waals surface area contributed by atoms with E-state index in [0.717, 1.165) is 52.3 Å². The summed E-state index contributed by atoms with van der Waals surface area (Å²) in [4.78, 5) is 11.6. The average molecular weight is 607 g/mol. The molecule has 2 atom stereocenters. The maximum Gasteiger partial charge on any atom is 0.174 e. The lowest BCUT2D eigenvalue weighted by Gasteiger charge is -2.41. The third-order valence-electron chi connectivity index (χ3n) is 9.09. The molecule has 1 aromatic heterocycles. The molecule has 41 heavy (non-hydrogen) atoms. The molecule has 2 aromatic carbocycles. The fourth-order valence-corrected chi connectivity index (χ4v) is 7.42. The number of fused-ring (bicyclic) bond motifs is 1. The van der Waals surface area contributed by atoms with Gasteiger partial charge in [-0.05, 0) is 105 Å². The average Bonchev–Trinajstić information content (AvgIpc) is 3.29. The van der Waals surface area contributed by atoms with Crippen LogP contribution in [-0.2, 0) is 0 Å². The van der Waals surface area contributed by atoms with Crippen molar-refractivity contribution in [2.24, 2.45) is 5.92 Å². The fourth-order valence-electron chi connectivity index (χ4n) is 6.51. The lowest BCUT2D eigenvalue weighted by Crippen LogP contribution is -2.42. The molecule has 5 nitrogen and oxygen atoms in total. The molecule has 4 heterocycles. The number of hydrogen-bond donors (Lipinski definition) is 1. The minimum atomic E-state index is -0.221. The summed E-state index contributed by atoms with van der Waals surface area (Å²) in [6, 6.07) is 16.2. The summed E-state index contributed by atoms with van der Waals surface area (Å²) in [5.74, 6) is 0.757. The summed E-state index contributed by atoms with van der Waals surface area (Å²) in [5.41, 5.74) is 7.36. The summed E-state index contributed by atoms with van der Waals surface area (Å²) in [6.07, 6.45) is 6.51. The van der Waals surface area contributed by atoms with Gasteiger partial charge >= 0.3 is 0 Å². The molecule has 2 saturated heterocycles. The molecule has 0 amide bonds. The van der Waals surface area contributed by atoms with Crippen molar-refractivity contribution in [3.63, 3.8) is 0 Å². The van der Waals surface area contributed by atoms with E-state index in [1.807, 2.05) is 30.5 Å². The Labute approximate surface area is 259 Å². The van der Waals surface area contributed by atoms with Crippen LogP contribution in [0.5, 0.6) is 0 Å². The highest BCUT2D eigenvalue weighted by molar-refractivity contribution is 7.80. The first-order chi connectivity index (χ1) is 19.5. The van der Waals surface area contributed by atoms with Crippen molar-refractivity contribution < 1.29 is 0 Å². The summed E-state index contributed by atoms with van der Waals surface area (Å²) >= 11 is 20.1. The molecule has 8 heteroatoms. The molecular weight excluding hydrogens is 569 g/mol. The molecule has 0 bridgehead atoms. The first-order valence-corrected chi connectivity index (χ1v) is 15.5. The first-order valence-electron chi connectivity index (χ1n) is 14.4. The van der Waals surface area contributed by atoms with Crippen molar-refractivity contribution in [2.75, 3.05) is 34.8 Å². The second-order valence-electron chi connectivity index (χ2n) is 12.2. The number of allylic oxidation sites excluding steroid dienone is 1. The number of benzene rings is 2. The second kappa shape index (κ2) is 10.8. The number of nitrogens with one attached hydrogen (secondary N) is 1. The van der Waals surface area contributed by atoms with E-state index in [-0.39, 0.29) is 17.6 Å². The Morgan fingerprint density at radius 1 is 1.00 bits per heavy atom. The third kappa shape index (κ3) is 5.09. The highest BCUT2D eigenvalue weighted by Crippen LogP contribution is 2.48. The number of halogens is 2. The maximum atomic E-state index is 7.17. The number of thiocarbonyl (C=S) groups is 1. The van der Waals surface area contributed by atoms with Crippen LogP contribution in [0.25, 0.3) is 5.57 Å². The van der Waals surface area contributed by atoms with Crippen molar-refractivity contribution in [3.8, 4) is 0 Å². The van der Waals surface area contributed by atoms with Crippen LogP contribution >= 0.6 is 35.4 Å². The molecule has 0 aliphatic carbocycles. The van der Waals surface area contributed by atoms with Crippen LogP contribution in [0.3, 0.4) is 0 Å². The number of aromatic nitrogens is 1. The Bertz CT molecular complexity index is 1510. The lowest BCUT2D eigenvalue weighted by atomic mass is 9.86. The van der Waals surface area contributed by atoms with Gasteiger partial charge < -0.3 is 20.0 Å². The second-order valence-corrected chi connectivity index (χ2v) is 13.4. The Balaban J connectivity index is 1.45. The highest BCUT2D eigenvalue weighted by atomic mass is 35.5. The molecule has 3 aliphatic heterocycles. The molecule has 214 valence electrons. The fraction of sp³-hybridized carbons (Fsp3) is 0.394. The Morgan fingerprint density at radius 2 is 1.76 bits per heavy atom. The van der Waals surface area contributed by atoms with Crippen LogP contribution < -0.4 is 20.0 Å². The molecule has 3 aromatic rings. The van der Waals surface area contributed by atoms with Gasteiger partial charge in [-0.25, -0.2) is 0 Å². The van der Waals surface area contributed by atoms with Gasteiger partial charge in [-0.1, -0.05) is 42.3 Å². The van der Waals surface area contributed by atoms with Gasteiger partial charge in [0.05, 0.1) is 34.0 Å². The number of nitrogens with zero attached hydrogens (tertiary/aromatic N) is 4. The predicted octanol–water partition coefficient (Wildman–Crippen LogP) is 8.43. The van der Waals surface area contributed by atoms with Crippen LogP contribution in [0.1, 0.15) is 69.4 Å². The van der Waals surface area contributed by atoms with E-state index < -0.39 is 0 Å². The van der Waals surface area contributed by atoms with Gasteiger partial charge in [0, 0.05) is 48.3 Å². The number of hydrogen-bond acceptors (Lipinski definition) is 4. The quantitative estimate of drug-likeness (QED) is 0.301. The minimum absolute atomic E-state index is 0.105. The van der Waals surface area contributed by atoms with Gasteiger partial charge in [0.15, 0.2) is 5.11 Å². The predicted molar refractivity (Wildman–Crippen MR) is 178 cm³/mol. The SMILES string of the molecule is CC1=CC(C)(C)N(C)c2cc(Cl)c([C@H]3[C@H](c4ccccn4)NC(=S)N3c3ccc(N4CCC(C)CC4)c(Cl)c3)cc21. The van der Waals surface area contributed by atoms with Crippen LogP contribution in [-0.4, -0.2) is 35.8 Å². The molecule has 0 radical (unpaired) electrons. The summed E-state index contributed by atoms with van der Waals surface area (Å²) in [7, 11) is 2.12. The van der Waals surface area contributed by atoms with Crippen LogP contribution in [0.15, 0.2) is 60.8 Å². The van der Waals surface area contributed by atoms with Crippen LogP contribution in [0, 0.1) is 5.92 Å². The van der Waals surface area contributed by atoms with Crippen molar-refractivity contribution in [3.05, 3.63) is 87.7 Å². The molecule has 0 spiro atoms. The van der Waals surface area contributed by atoms with E-state index in [4.69, 9.17) is 40.4 Å². The van der Waals surface area contributed by atoms with E-state index in [0.29, 0.717) is 10.1 Å². The Hall–Kier alpha value is -2.80. The monoisotopic (exact) mass is 605 g/mol. The lowest BCUT2D eigenvalue weighted by molar-refractivity contribution is 0.438. The topological polar surface area (TPSA) is 34.6 Å². The first kappa shape index (κ1) is 28.3. The number of anilines is 3. The molecule has 6 rings (SSSR count). The van der Waals surface area contributed by atoms with Crippen molar-refractivity contribution in [2.45, 2.75) is 58.2 Å². The zero-order chi connectivity index (χ0) is 29.1. The van der Waals surface area contributed by atoms with Crippen molar-refractivity contribution >= 4 is 63.2 Å². The van der Waals surface area contributed by atoms with Gasteiger partial charge in [-0.15, -0.1) is 0 Å². The van der Waals surface area contributed by atoms with Gasteiger partial charge in [0.2, 0.25) is 0 Å². The highest BCUT2D eigenvalue weighted by Gasteiger charge is 2.43. The summed E-state index contributed by atoms with van der Waals surface area (Å²) < 4.78 is 0. The van der Waals surface area contributed by atoms with Crippen molar-refractivity contribution in [1.29, 1.82) is 0 Å². The standard InChI is InChI=1S/C33H37Cl2N5S/c1-20-11-14-39(15-12-20)28-10-9-22(16-26(28)35)40-31(30(37-32(40)41)27-8-6-7-13-36-27)24-17-23-21(2)19-33(3,4)38(5)29(23)18-25(24)34/h6-10,13,16-20,30-31H,11-12,14-15H2,1-5H3,(H,37,41)/t30-,31-/m0/s1. The van der Waals surface area contributed by atoms with E-state index in [2.05, 4.69) is 85.1 Å². The molecule has 0 saturated carbocycles. The van der Waals surface area contributed by atoms with Gasteiger partial charge in [0.1, 0.15) is 0 Å². The van der Waals surface area contributed by atoms with Gasteiger partial charge in [-0.2, -0.15) is 0 Å². The van der Waals surface area contributed by atoms with Gasteiger partial charge in [-0.3, -0.25) is 4.98 Å². The molecule has 3 aliphatic rings. The van der Waals surface area contributed by atoms with Gasteiger partial charge in [0.25, 0.3) is 0 Å². The molecular formula is C33H37Cl2N5S. The number of likely N-dealkylation sites (N-methyl/N-ethyl adjacent to an activating group) is 1. The third-order valence-corrected chi connectivity index (χ3v) is 10.0. The molecule has 2 fully saturated rings. The molecule has 1 N–H and O–H groups in total. The number of piperidine rings is 1. The largest absolute Gasteiger partial charge is 0.370 e. The van der Waals surface area contributed by atoms with Crippen LogP contribution in [0.4, 0.5) is 17.1 Å². The van der Waals surface area contributed by atoms with Crippen molar-refractivity contribution in [1.82, 2.24) is 10.3 Å². The zero-order valence-corrected chi connectivity index (χ0v) is 26.6.